The molecule has 0 saturated carbocycles. The number of β-amino-alcohol motifs (C(OH)–C–C–N with tert-alkyl or cyclic N) is 1. The van der Waals surface area contributed by atoms with E-state index in [1.165, 1.54) is 12.3 Å². The van der Waals surface area contributed by atoms with E-state index in [-0.39, 0.29) is 5.69 Å². The van der Waals surface area contributed by atoms with Gasteiger partial charge in [0.2, 0.25) is 0 Å². The summed E-state index contributed by atoms with van der Waals surface area (Å²) in [4.78, 5) is 18.7. The quantitative estimate of drug-likeness (QED) is 0.602. The second kappa shape index (κ2) is 7.37. The van der Waals surface area contributed by atoms with Crippen molar-refractivity contribution in [2.75, 3.05) is 37.6 Å². The van der Waals surface area contributed by atoms with Crippen molar-refractivity contribution in [2.24, 2.45) is 0 Å². The molecule has 3 rings (SSSR count). The van der Waals surface area contributed by atoms with E-state index in [9.17, 15) is 15.2 Å². The maximum absolute atomic E-state index is 10.7. The van der Waals surface area contributed by atoms with Gasteiger partial charge in [-0.3, -0.25) is 19.7 Å². The molecule has 0 bridgehead atoms. The zero-order valence-corrected chi connectivity index (χ0v) is 13.2. The van der Waals surface area contributed by atoms with Gasteiger partial charge in [-0.1, -0.05) is 0 Å². The molecular weight excluding hydrogens is 312 g/mol. The molecule has 2 aromatic heterocycles. The third-order valence-electron chi connectivity index (χ3n) is 4.07. The number of pyridine rings is 1. The van der Waals surface area contributed by atoms with Gasteiger partial charge in [0.15, 0.2) is 0 Å². The predicted octanol–water partition coefficient (Wildman–Crippen LogP) is 0.369. The average molecular weight is 332 g/mol. The SMILES string of the molecule is O=[N+]([O-])c1ccc(N2CCN(C[C@H](O)Cn3cccn3)CC2)nc1. The van der Waals surface area contributed by atoms with Crippen LogP contribution in [0.15, 0.2) is 36.8 Å². The first-order chi connectivity index (χ1) is 11.6. The van der Waals surface area contributed by atoms with Crippen LogP contribution in [0.4, 0.5) is 11.5 Å². The molecule has 1 fully saturated rings. The summed E-state index contributed by atoms with van der Waals surface area (Å²) < 4.78 is 1.72. The molecule has 0 radical (unpaired) electrons. The van der Waals surface area contributed by atoms with Crippen LogP contribution >= 0.6 is 0 Å². The fourth-order valence-electron chi connectivity index (χ4n) is 2.81. The Morgan fingerprint density at radius 1 is 1.25 bits per heavy atom. The minimum atomic E-state index is -0.464. The van der Waals surface area contributed by atoms with Gasteiger partial charge in [0, 0.05) is 51.2 Å². The summed E-state index contributed by atoms with van der Waals surface area (Å²) in [6.07, 6.45) is 4.36. The molecule has 3 heterocycles. The number of nitro groups is 1. The van der Waals surface area contributed by atoms with Crippen LogP contribution < -0.4 is 4.90 Å². The summed E-state index contributed by atoms with van der Waals surface area (Å²) in [5, 5.41) is 24.9. The maximum Gasteiger partial charge on any atom is 0.287 e. The second-order valence-electron chi connectivity index (χ2n) is 5.80. The molecule has 1 aliphatic rings. The minimum Gasteiger partial charge on any atom is -0.390 e. The molecule has 9 nitrogen and oxygen atoms in total. The zero-order valence-electron chi connectivity index (χ0n) is 13.2. The fourth-order valence-corrected chi connectivity index (χ4v) is 2.81. The molecule has 0 aliphatic carbocycles. The van der Waals surface area contributed by atoms with E-state index in [4.69, 9.17) is 0 Å². The highest BCUT2D eigenvalue weighted by Crippen LogP contribution is 2.17. The highest BCUT2D eigenvalue weighted by Gasteiger charge is 2.20. The molecule has 1 saturated heterocycles. The first kappa shape index (κ1) is 16.3. The van der Waals surface area contributed by atoms with Crippen LogP contribution in [0, 0.1) is 10.1 Å². The van der Waals surface area contributed by atoms with Gasteiger partial charge in [0.1, 0.15) is 12.0 Å². The van der Waals surface area contributed by atoms with Crippen molar-refractivity contribution in [3.8, 4) is 0 Å². The Morgan fingerprint density at radius 2 is 2.04 bits per heavy atom. The third-order valence-corrected chi connectivity index (χ3v) is 4.07. The van der Waals surface area contributed by atoms with Gasteiger partial charge in [0.05, 0.1) is 17.6 Å². The molecule has 0 unspecified atom stereocenters. The minimum absolute atomic E-state index is 0.000806. The molecule has 1 atom stereocenters. The number of aromatic nitrogens is 3. The van der Waals surface area contributed by atoms with E-state index in [1.54, 1.807) is 16.9 Å². The number of anilines is 1. The van der Waals surface area contributed by atoms with Gasteiger partial charge in [-0.2, -0.15) is 5.10 Å². The zero-order chi connectivity index (χ0) is 16.9. The number of nitrogens with zero attached hydrogens (tertiary/aromatic N) is 6. The summed E-state index contributed by atoms with van der Waals surface area (Å²) in [7, 11) is 0. The number of rotatable bonds is 6. The summed E-state index contributed by atoms with van der Waals surface area (Å²) in [5.41, 5.74) is -0.000806. The van der Waals surface area contributed by atoms with Crippen molar-refractivity contribution < 1.29 is 10.0 Å². The molecule has 128 valence electrons. The van der Waals surface area contributed by atoms with Crippen LogP contribution in [0.1, 0.15) is 0 Å². The maximum atomic E-state index is 10.7. The Morgan fingerprint density at radius 3 is 2.62 bits per heavy atom. The lowest BCUT2D eigenvalue weighted by Gasteiger charge is -2.36. The van der Waals surface area contributed by atoms with E-state index in [0.717, 1.165) is 32.0 Å². The van der Waals surface area contributed by atoms with E-state index in [1.807, 2.05) is 12.3 Å². The molecule has 9 heteroatoms. The van der Waals surface area contributed by atoms with Gasteiger partial charge in [-0.15, -0.1) is 0 Å². The van der Waals surface area contributed by atoms with Crippen LogP contribution in [-0.4, -0.2) is 68.5 Å². The van der Waals surface area contributed by atoms with E-state index < -0.39 is 11.0 Å². The van der Waals surface area contributed by atoms with Gasteiger partial charge >= 0.3 is 0 Å². The highest BCUT2D eigenvalue weighted by molar-refractivity contribution is 5.43. The van der Waals surface area contributed by atoms with Crippen molar-refractivity contribution in [3.63, 3.8) is 0 Å². The monoisotopic (exact) mass is 332 g/mol. The van der Waals surface area contributed by atoms with Gasteiger partial charge in [-0.25, -0.2) is 4.98 Å². The van der Waals surface area contributed by atoms with Gasteiger partial charge in [0.25, 0.3) is 5.69 Å². The van der Waals surface area contributed by atoms with E-state index in [0.29, 0.717) is 13.1 Å². The van der Waals surface area contributed by atoms with Gasteiger partial charge < -0.3 is 10.0 Å². The Labute approximate surface area is 139 Å². The molecule has 24 heavy (non-hydrogen) atoms. The van der Waals surface area contributed by atoms with Crippen molar-refractivity contribution in [3.05, 3.63) is 46.9 Å². The molecule has 2 aromatic rings. The lowest BCUT2D eigenvalue weighted by molar-refractivity contribution is -0.385. The molecular formula is C15H20N6O3. The number of aliphatic hydroxyl groups excluding tert-OH is 1. The smallest absolute Gasteiger partial charge is 0.287 e. The Bertz CT molecular complexity index is 652. The lowest BCUT2D eigenvalue weighted by Crippen LogP contribution is -2.49. The van der Waals surface area contributed by atoms with E-state index >= 15 is 0 Å². The largest absolute Gasteiger partial charge is 0.390 e. The number of piperazine rings is 1. The number of hydrogen-bond donors (Lipinski definition) is 1. The first-order valence-corrected chi connectivity index (χ1v) is 7.85. The van der Waals surface area contributed by atoms with Crippen molar-refractivity contribution in [2.45, 2.75) is 12.6 Å². The summed E-state index contributed by atoms with van der Waals surface area (Å²) in [6.45, 7) is 4.26. The lowest BCUT2D eigenvalue weighted by atomic mass is 10.2. The molecule has 1 N–H and O–H groups in total. The summed E-state index contributed by atoms with van der Waals surface area (Å²) in [5.74, 6) is 0.748. The van der Waals surface area contributed by atoms with Gasteiger partial charge in [-0.05, 0) is 12.1 Å². The molecule has 0 spiro atoms. The van der Waals surface area contributed by atoms with Crippen LogP contribution in [0.5, 0.6) is 0 Å². The Hall–Kier alpha value is -2.52. The number of aliphatic hydroxyl groups is 1. The van der Waals surface area contributed by atoms with Crippen LogP contribution in [-0.2, 0) is 6.54 Å². The predicted molar refractivity (Wildman–Crippen MR) is 87.8 cm³/mol. The number of hydrogen-bond acceptors (Lipinski definition) is 7. The summed E-state index contributed by atoms with van der Waals surface area (Å²) >= 11 is 0. The highest BCUT2D eigenvalue weighted by atomic mass is 16.6. The third kappa shape index (κ3) is 4.06. The van der Waals surface area contributed by atoms with Crippen LogP contribution in [0.25, 0.3) is 0 Å². The molecule has 0 amide bonds. The van der Waals surface area contributed by atoms with E-state index in [2.05, 4.69) is 19.9 Å². The molecule has 0 aromatic carbocycles. The van der Waals surface area contributed by atoms with Crippen LogP contribution in [0.2, 0.25) is 0 Å². The summed E-state index contributed by atoms with van der Waals surface area (Å²) in [6, 6.07) is 4.99. The second-order valence-corrected chi connectivity index (χ2v) is 5.80. The topological polar surface area (TPSA) is 101 Å². The fraction of sp³-hybridized carbons (Fsp3) is 0.467. The first-order valence-electron chi connectivity index (χ1n) is 7.85. The van der Waals surface area contributed by atoms with Crippen molar-refractivity contribution in [1.29, 1.82) is 0 Å². The molecule has 1 aliphatic heterocycles. The standard InChI is InChI=1S/C15H20N6O3/c22-14(12-20-5-1-4-17-20)11-18-6-8-19(9-7-18)15-3-2-13(10-16-15)21(23)24/h1-5,10,14,22H,6-9,11-12H2/t14-/m0/s1. The normalized spacial score (nSPS) is 17.0. The van der Waals surface area contributed by atoms with Crippen molar-refractivity contribution >= 4 is 11.5 Å². The Balaban J connectivity index is 1.47. The Kier molecular flexibility index (Phi) is 5.02. The van der Waals surface area contributed by atoms with Crippen molar-refractivity contribution in [1.82, 2.24) is 19.7 Å². The average Bonchev–Trinajstić information content (AvgIpc) is 3.08. The van der Waals surface area contributed by atoms with Crippen LogP contribution in [0.3, 0.4) is 0 Å².